The van der Waals surface area contributed by atoms with E-state index in [1.165, 1.54) is 24.6 Å². The zero-order chi connectivity index (χ0) is 20.0. The van der Waals surface area contributed by atoms with Crippen molar-refractivity contribution in [2.75, 3.05) is 36.4 Å². The predicted octanol–water partition coefficient (Wildman–Crippen LogP) is 2.56. The summed E-state index contributed by atoms with van der Waals surface area (Å²) in [6, 6.07) is 2.17. The van der Waals surface area contributed by atoms with E-state index in [1.807, 2.05) is 16.8 Å². The van der Waals surface area contributed by atoms with Gasteiger partial charge in [-0.1, -0.05) is 0 Å². The van der Waals surface area contributed by atoms with Gasteiger partial charge in [0, 0.05) is 73.7 Å². The van der Waals surface area contributed by atoms with Crippen molar-refractivity contribution in [3.8, 4) is 0 Å². The van der Waals surface area contributed by atoms with Crippen LogP contribution in [0.2, 0.25) is 0 Å². The second-order valence-electron chi connectivity index (χ2n) is 8.30. The predicted molar refractivity (Wildman–Crippen MR) is 113 cm³/mol. The van der Waals surface area contributed by atoms with E-state index >= 15 is 0 Å². The number of thiazole rings is 1. The molecule has 2 saturated heterocycles. The number of nitrogens with one attached hydrogen (secondary N) is 1. The number of carbonyl (C=O) groups excluding carboxylic acids is 1. The van der Waals surface area contributed by atoms with E-state index in [9.17, 15) is 4.79 Å². The SMILES string of the molecule is CC(=O)Nc1ncc(CN2CCC3(CCN(c4cc(C)n5ccnc5n4)C3)C2)s1. The van der Waals surface area contributed by atoms with Gasteiger partial charge in [0.2, 0.25) is 11.7 Å². The number of anilines is 2. The Morgan fingerprint density at radius 2 is 2.14 bits per heavy atom. The average Bonchev–Trinajstić information content (AvgIpc) is 3.44. The van der Waals surface area contributed by atoms with Crippen LogP contribution in [0.3, 0.4) is 0 Å². The third-order valence-electron chi connectivity index (χ3n) is 6.05. The standard InChI is InChI=1S/C20H25N7OS/c1-14-9-17(24-18-21-5-8-27(14)18)26-7-4-20(13-26)3-6-25(12-20)11-16-10-22-19(29-16)23-15(2)28/h5,8-10H,3-4,6-7,11-13H2,1-2H3,(H,22,23,28). The van der Waals surface area contributed by atoms with Gasteiger partial charge >= 0.3 is 0 Å². The van der Waals surface area contributed by atoms with E-state index < -0.39 is 0 Å². The van der Waals surface area contributed by atoms with Gasteiger partial charge in [-0.05, 0) is 26.3 Å². The fourth-order valence-corrected chi connectivity index (χ4v) is 5.54. The molecule has 0 bridgehead atoms. The van der Waals surface area contributed by atoms with Gasteiger partial charge in [0.1, 0.15) is 5.82 Å². The molecule has 2 aliphatic heterocycles. The molecule has 0 saturated carbocycles. The van der Waals surface area contributed by atoms with Gasteiger partial charge in [-0.2, -0.15) is 4.98 Å². The number of aromatic nitrogens is 4. The first kappa shape index (κ1) is 18.5. The van der Waals surface area contributed by atoms with Gasteiger partial charge < -0.3 is 10.2 Å². The third-order valence-corrected chi connectivity index (χ3v) is 6.95. The number of imidazole rings is 1. The van der Waals surface area contributed by atoms with Crippen LogP contribution in [0.4, 0.5) is 10.9 Å². The Hall–Kier alpha value is -2.52. The summed E-state index contributed by atoms with van der Waals surface area (Å²) in [5, 5.41) is 3.45. The second-order valence-corrected chi connectivity index (χ2v) is 9.41. The topological polar surface area (TPSA) is 78.7 Å². The van der Waals surface area contributed by atoms with Crippen LogP contribution < -0.4 is 10.2 Å². The first-order valence-corrected chi connectivity index (χ1v) is 10.8. The van der Waals surface area contributed by atoms with E-state index in [0.717, 1.165) is 50.0 Å². The van der Waals surface area contributed by atoms with Crippen LogP contribution in [0.25, 0.3) is 5.78 Å². The third kappa shape index (κ3) is 3.60. The molecule has 1 N–H and O–H groups in total. The largest absolute Gasteiger partial charge is 0.356 e. The summed E-state index contributed by atoms with van der Waals surface area (Å²) in [5.74, 6) is 1.74. The van der Waals surface area contributed by atoms with Crippen LogP contribution in [-0.2, 0) is 11.3 Å². The fraction of sp³-hybridized carbons (Fsp3) is 0.500. The number of hydrogen-bond acceptors (Lipinski definition) is 7. The smallest absolute Gasteiger partial charge is 0.235 e. The number of rotatable bonds is 4. The molecule has 8 nitrogen and oxygen atoms in total. The molecular formula is C20H25N7OS. The van der Waals surface area contributed by atoms with Crippen molar-refractivity contribution in [1.29, 1.82) is 0 Å². The minimum Gasteiger partial charge on any atom is -0.356 e. The van der Waals surface area contributed by atoms with E-state index in [1.54, 1.807) is 17.5 Å². The van der Waals surface area contributed by atoms with Crippen LogP contribution in [0.15, 0.2) is 24.7 Å². The van der Waals surface area contributed by atoms with Crippen molar-refractivity contribution < 1.29 is 4.79 Å². The summed E-state index contributed by atoms with van der Waals surface area (Å²) < 4.78 is 2.02. The lowest BCUT2D eigenvalue weighted by atomic mass is 9.86. The minimum atomic E-state index is -0.0746. The van der Waals surface area contributed by atoms with E-state index in [2.05, 4.69) is 38.1 Å². The molecule has 0 aromatic carbocycles. The van der Waals surface area contributed by atoms with Gasteiger partial charge in [0.05, 0.1) is 0 Å². The van der Waals surface area contributed by atoms with Crippen molar-refractivity contribution in [3.63, 3.8) is 0 Å². The Kier molecular flexibility index (Phi) is 4.51. The van der Waals surface area contributed by atoms with Crippen molar-refractivity contribution in [1.82, 2.24) is 24.3 Å². The molecule has 2 fully saturated rings. The lowest BCUT2D eigenvalue weighted by molar-refractivity contribution is -0.114. The lowest BCUT2D eigenvalue weighted by Gasteiger charge is -2.25. The molecule has 2 aliphatic rings. The molecule has 1 unspecified atom stereocenters. The Labute approximate surface area is 173 Å². The van der Waals surface area contributed by atoms with Crippen molar-refractivity contribution >= 4 is 34.0 Å². The highest BCUT2D eigenvalue weighted by molar-refractivity contribution is 7.15. The van der Waals surface area contributed by atoms with Crippen LogP contribution in [0, 0.1) is 12.3 Å². The number of hydrogen-bond donors (Lipinski definition) is 1. The van der Waals surface area contributed by atoms with Crippen LogP contribution in [0.5, 0.6) is 0 Å². The summed E-state index contributed by atoms with van der Waals surface area (Å²) >= 11 is 1.57. The van der Waals surface area contributed by atoms with Crippen molar-refractivity contribution in [2.24, 2.45) is 5.41 Å². The first-order chi connectivity index (χ1) is 14.0. The summed E-state index contributed by atoms with van der Waals surface area (Å²) in [4.78, 5) is 30.8. The molecule has 1 spiro atoms. The zero-order valence-electron chi connectivity index (χ0n) is 16.8. The van der Waals surface area contributed by atoms with Crippen LogP contribution in [-0.4, -0.2) is 56.3 Å². The highest BCUT2D eigenvalue weighted by Crippen LogP contribution is 2.41. The van der Waals surface area contributed by atoms with Crippen LogP contribution in [0.1, 0.15) is 30.3 Å². The zero-order valence-corrected chi connectivity index (χ0v) is 17.6. The molecule has 3 aromatic heterocycles. The van der Waals surface area contributed by atoms with Crippen molar-refractivity contribution in [2.45, 2.75) is 33.2 Å². The van der Waals surface area contributed by atoms with Gasteiger partial charge in [-0.15, -0.1) is 11.3 Å². The maximum Gasteiger partial charge on any atom is 0.235 e. The molecule has 152 valence electrons. The highest BCUT2D eigenvalue weighted by Gasteiger charge is 2.43. The number of carbonyl (C=O) groups is 1. The summed E-state index contributed by atoms with van der Waals surface area (Å²) in [5.41, 5.74) is 1.50. The van der Waals surface area contributed by atoms with E-state index in [4.69, 9.17) is 4.98 Å². The number of amides is 1. The summed E-state index contributed by atoms with van der Waals surface area (Å²) in [6.07, 6.45) is 8.05. The molecule has 0 aliphatic carbocycles. The summed E-state index contributed by atoms with van der Waals surface area (Å²) in [7, 11) is 0. The van der Waals surface area contributed by atoms with Crippen molar-refractivity contribution in [3.05, 3.63) is 35.2 Å². The van der Waals surface area contributed by atoms with E-state index in [-0.39, 0.29) is 5.91 Å². The second kappa shape index (κ2) is 7.07. The number of fused-ring (bicyclic) bond motifs is 1. The van der Waals surface area contributed by atoms with Gasteiger partial charge in [0.25, 0.3) is 0 Å². The highest BCUT2D eigenvalue weighted by atomic mass is 32.1. The average molecular weight is 412 g/mol. The fourth-order valence-electron chi connectivity index (χ4n) is 4.64. The quantitative estimate of drug-likeness (QED) is 0.711. The minimum absolute atomic E-state index is 0.0746. The molecule has 1 amide bonds. The Balaban J connectivity index is 1.24. The number of likely N-dealkylation sites (tertiary alicyclic amines) is 1. The molecule has 3 aromatic rings. The molecule has 5 heterocycles. The van der Waals surface area contributed by atoms with Gasteiger partial charge in [-0.3, -0.25) is 14.1 Å². The number of nitrogens with zero attached hydrogens (tertiary/aromatic N) is 6. The molecule has 0 radical (unpaired) electrons. The molecule has 9 heteroatoms. The van der Waals surface area contributed by atoms with Gasteiger partial charge in [0.15, 0.2) is 5.13 Å². The van der Waals surface area contributed by atoms with E-state index in [0.29, 0.717) is 10.5 Å². The van der Waals surface area contributed by atoms with Crippen LogP contribution >= 0.6 is 11.3 Å². The molecule has 29 heavy (non-hydrogen) atoms. The normalized spacial score (nSPS) is 22.2. The lowest BCUT2D eigenvalue weighted by Crippen LogP contribution is -2.31. The Morgan fingerprint density at radius 1 is 1.28 bits per heavy atom. The number of aryl methyl sites for hydroxylation is 1. The maximum absolute atomic E-state index is 11.2. The summed E-state index contributed by atoms with van der Waals surface area (Å²) in [6.45, 7) is 8.81. The molecule has 1 atom stereocenters. The molecular weight excluding hydrogens is 386 g/mol. The molecule has 5 rings (SSSR count). The van der Waals surface area contributed by atoms with Gasteiger partial charge in [-0.25, -0.2) is 9.97 Å². The Morgan fingerprint density at radius 3 is 3.00 bits per heavy atom. The Bertz CT molecular complexity index is 1060. The maximum atomic E-state index is 11.2. The first-order valence-electron chi connectivity index (χ1n) is 10.0. The monoisotopic (exact) mass is 411 g/mol.